The number of fused-ring (bicyclic) bond motifs is 1. The summed E-state index contributed by atoms with van der Waals surface area (Å²) < 4.78 is 38.8. The third-order valence-corrected chi connectivity index (χ3v) is 3.22. The van der Waals surface area contributed by atoms with Crippen molar-refractivity contribution in [2.75, 3.05) is 0 Å². The van der Waals surface area contributed by atoms with E-state index in [0.29, 0.717) is 16.5 Å². The van der Waals surface area contributed by atoms with Crippen LogP contribution in [0.25, 0.3) is 10.9 Å². The van der Waals surface area contributed by atoms with Crippen molar-refractivity contribution in [1.29, 1.82) is 0 Å². The number of aryl methyl sites for hydroxylation is 2. The molecule has 0 saturated carbocycles. The molecule has 0 aliphatic rings. The molecule has 1 aromatic carbocycles. The third-order valence-electron chi connectivity index (χ3n) is 3.22. The lowest BCUT2D eigenvalue weighted by Crippen LogP contribution is -2.11. The second kappa shape index (κ2) is 4.29. The monoisotopic (exact) mass is 271 g/mol. The lowest BCUT2D eigenvalue weighted by atomic mass is 10.0. The molecular weight excluding hydrogens is 259 g/mol. The zero-order valence-electron chi connectivity index (χ0n) is 10.4. The van der Waals surface area contributed by atoms with E-state index < -0.39 is 24.3 Å². The Morgan fingerprint density at radius 1 is 1.32 bits per heavy atom. The molecule has 19 heavy (non-hydrogen) atoms. The first kappa shape index (κ1) is 13.5. The van der Waals surface area contributed by atoms with Gasteiger partial charge in [0.2, 0.25) is 0 Å². The van der Waals surface area contributed by atoms with Crippen LogP contribution in [-0.4, -0.2) is 16.1 Å². The van der Waals surface area contributed by atoms with Gasteiger partial charge in [0, 0.05) is 16.5 Å². The number of carboxylic acids is 1. The number of alkyl halides is 3. The molecule has 2 rings (SSSR count). The van der Waals surface area contributed by atoms with Gasteiger partial charge in [-0.25, -0.2) is 0 Å². The number of aromatic nitrogens is 1. The average Bonchev–Trinajstić information content (AvgIpc) is 2.62. The van der Waals surface area contributed by atoms with E-state index >= 15 is 0 Å². The van der Waals surface area contributed by atoms with Crippen molar-refractivity contribution in [2.45, 2.75) is 26.4 Å². The Morgan fingerprint density at radius 3 is 2.47 bits per heavy atom. The van der Waals surface area contributed by atoms with Crippen LogP contribution in [0.4, 0.5) is 13.2 Å². The van der Waals surface area contributed by atoms with E-state index in [2.05, 4.69) is 4.98 Å². The average molecular weight is 271 g/mol. The van der Waals surface area contributed by atoms with Gasteiger partial charge in [0.15, 0.2) is 0 Å². The van der Waals surface area contributed by atoms with Gasteiger partial charge in [-0.2, -0.15) is 13.2 Å². The summed E-state index contributed by atoms with van der Waals surface area (Å²) in [5.74, 6) is -1.29. The van der Waals surface area contributed by atoms with Gasteiger partial charge in [-0.05, 0) is 25.0 Å². The number of hydrogen-bond acceptors (Lipinski definition) is 1. The molecule has 2 aromatic rings. The van der Waals surface area contributed by atoms with Crippen LogP contribution >= 0.6 is 0 Å². The van der Waals surface area contributed by atoms with E-state index in [1.54, 1.807) is 19.9 Å². The van der Waals surface area contributed by atoms with Gasteiger partial charge in [0.25, 0.3) is 0 Å². The van der Waals surface area contributed by atoms with E-state index in [9.17, 15) is 18.0 Å². The predicted molar refractivity (Wildman–Crippen MR) is 64.1 cm³/mol. The fraction of sp³-hybridized carbons (Fsp3) is 0.308. The second-order valence-electron chi connectivity index (χ2n) is 4.48. The fourth-order valence-electron chi connectivity index (χ4n) is 2.14. The molecule has 0 atom stereocenters. The number of nitrogens with one attached hydrogen (secondary N) is 1. The standard InChI is InChI=1S/C13H12F3NO2/c1-6-3-4-8-9(5-10(18)19)12(13(14,15)16)17-11(8)7(6)2/h3-4,17H,5H2,1-2H3,(H,18,19). The number of hydrogen-bond donors (Lipinski definition) is 2. The number of carboxylic acid groups (broad SMARTS) is 1. The maximum absolute atomic E-state index is 12.9. The Morgan fingerprint density at radius 2 is 1.95 bits per heavy atom. The number of benzene rings is 1. The Kier molecular flexibility index (Phi) is 3.04. The largest absolute Gasteiger partial charge is 0.481 e. The lowest BCUT2D eigenvalue weighted by Gasteiger charge is -2.06. The molecule has 0 radical (unpaired) electrons. The van der Waals surface area contributed by atoms with Crippen LogP contribution in [0.3, 0.4) is 0 Å². The summed E-state index contributed by atoms with van der Waals surface area (Å²) in [5, 5.41) is 9.10. The van der Waals surface area contributed by atoms with Crippen molar-refractivity contribution < 1.29 is 23.1 Å². The topological polar surface area (TPSA) is 53.1 Å². The summed E-state index contributed by atoms with van der Waals surface area (Å²) >= 11 is 0. The molecule has 0 aliphatic heterocycles. The van der Waals surface area contributed by atoms with Crippen LogP contribution in [0.5, 0.6) is 0 Å². The van der Waals surface area contributed by atoms with E-state index in [1.165, 1.54) is 6.07 Å². The molecule has 0 saturated heterocycles. The highest BCUT2D eigenvalue weighted by Gasteiger charge is 2.37. The predicted octanol–water partition coefficient (Wildman–Crippen LogP) is 3.43. The minimum Gasteiger partial charge on any atom is -0.481 e. The van der Waals surface area contributed by atoms with Crippen molar-refractivity contribution in [1.82, 2.24) is 4.98 Å². The molecule has 0 unspecified atom stereocenters. The highest BCUT2D eigenvalue weighted by Crippen LogP contribution is 2.37. The number of rotatable bonds is 2. The van der Waals surface area contributed by atoms with Crippen molar-refractivity contribution in [3.05, 3.63) is 34.5 Å². The molecule has 2 N–H and O–H groups in total. The SMILES string of the molecule is Cc1ccc2c(CC(=O)O)c(C(F)(F)F)[nH]c2c1C. The summed E-state index contributed by atoms with van der Waals surface area (Å²) in [6, 6.07) is 3.22. The summed E-state index contributed by atoms with van der Waals surface area (Å²) in [7, 11) is 0. The lowest BCUT2D eigenvalue weighted by molar-refractivity contribution is -0.142. The van der Waals surface area contributed by atoms with Crippen LogP contribution in [-0.2, 0) is 17.4 Å². The van der Waals surface area contributed by atoms with Gasteiger partial charge >= 0.3 is 12.1 Å². The van der Waals surface area contributed by atoms with E-state index in [0.717, 1.165) is 5.56 Å². The van der Waals surface area contributed by atoms with Gasteiger partial charge in [0.05, 0.1) is 6.42 Å². The van der Waals surface area contributed by atoms with Crippen molar-refractivity contribution in [3.63, 3.8) is 0 Å². The van der Waals surface area contributed by atoms with E-state index in [-0.39, 0.29) is 5.56 Å². The van der Waals surface area contributed by atoms with Crippen LogP contribution in [0.15, 0.2) is 12.1 Å². The first-order valence-electron chi connectivity index (χ1n) is 5.61. The smallest absolute Gasteiger partial charge is 0.431 e. The summed E-state index contributed by atoms with van der Waals surface area (Å²) in [5.41, 5.74) is 0.712. The molecule has 0 bridgehead atoms. The van der Waals surface area contributed by atoms with Gasteiger partial charge < -0.3 is 10.1 Å². The minimum atomic E-state index is -4.59. The molecule has 0 spiro atoms. The van der Waals surface area contributed by atoms with Crippen molar-refractivity contribution >= 4 is 16.9 Å². The van der Waals surface area contributed by atoms with Gasteiger partial charge in [-0.3, -0.25) is 4.79 Å². The Bertz CT molecular complexity index is 656. The van der Waals surface area contributed by atoms with Crippen LogP contribution in [0, 0.1) is 13.8 Å². The van der Waals surface area contributed by atoms with Gasteiger partial charge in [-0.15, -0.1) is 0 Å². The van der Waals surface area contributed by atoms with Crippen molar-refractivity contribution in [2.24, 2.45) is 0 Å². The van der Waals surface area contributed by atoms with Crippen LogP contribution in [0.2, 0.25) is 0 Å². The highest BCUT2D eigenvalue weighted by atomic mass is 19.4. The maximum Gasteiger partial charge on any atom is 0.431 e. The number of aromatic amines is 1. The molecule has 1 heterocycles. The number of halogens is 3. The van der Waals surface area contributed by atoms with Crippen molar-refractivity contribution in [3.8, 4) is 0 Å². The Balaban J connectivity index is 2.80. The molecule has 6 heteroatoms. The molecule has 3 nitrogen and oxygen atoms in total. The Labute approximate surface area is 107 Å². The van der Waals surface area contributed by atoms with Gasteiger partial charge in [-0.1, -0.05) is 12.1 Å². The van der Waals surface area contributed by atoms with E-state index in [4.69, 9.17) is 5.11 Å². The highest BCUT2D eigenvalue weighted by molar-refractivity contribution is 5.91. The van der Waals surface area contributed by atoms with Crippen LogP contribution in [0.1, 0.15) is 22.4 Å². The minimum absolute atomic E-state index is 0.210. The summed E-state index contributed by atoms with van der Waals surface area (Å²) in [4.78, 5) is 13.1. The molecular formula is C13H12F3NO2. The second-order valence-corrected chi connectivity index (χ2v) is 4.48. The molecule has 0 aliphatic carbocycles. The van der Waals surface area contributed by atoms with E-state index in [1.807, 2.05) is 0 Å². The fourth-order valence-corrected chi connectivity index (χ4v) is 2.14. The molecule has 0 amide bonds. The quantitative estimate of drug-likeness (QED) is 0.879. The number of carbonyl (C=O) groups is 1. The summed E-state index contributed by atoms with van der Waals surface area (Å²) in [6.07, 6.45) is -5.25. The van der Waals surface area contributed by atoms with Crippen LogP contribution < -0.4 is 0 Å². The van der Waals surface area contributed by atoms with Gasteiger partial charge in [0.1, 0.15) is 5.69 Å². The zero-order valence-corrected chi connectivity index (χ0v) is 10.4. The normalized spacial score (nSPS) is 12.1. The third kappa shape index (κ3) is 2.30. The first-order valence-corrected chi connectivity index (χ1v) is 5.61. The zero-order chi connectivity index (χ0) is 14.4. The molecule has 0 fully saturated rings. The Hall–Kier alpha value is -1.98. The first-order chi connectivity index (χ1) is 8.71. The number of H-pyrrole nitrogens is 1. The number of aliphatic carboxylic acids is 1. The molecule has 102 valence electrons. The summed E-state index contributed by atoms with van der Waals surface area (Å²) in [6.45, 7) is 3.50. The maximum atomic E-state index is 12.9. The molecule has 1 aromatic heterocycles.